The third kappa shape index (κ3) is 4.33. The summed E-state index contributed by atoms with van der Waals surface area (Å²) in [6, 6.07) is 13.4. The van der Waals surface area contributed by atoms with Gasteiger partial charge in [-0.3, -0.25) is 9.78 Å². The van der Waals surface area contributed by atoms with Gasteiger partial charge in [0.15, 0.2) is 0 Å². The van der Waals surface area contributed by atoms with Gasteiger partial charge >= 0.3 is 0 Å². The van der Waals surface area contributed by atoms with Crippen molar-refractivity contribution in [3.05, 3.63) is 54.9 Å². The van der Waals surface area contributed by atoms with Gasteiger partial charge in [0, 0.05) is 47.5 Å². The van der Waals surface area contributed by atoms with Gasteiger partial charge in [0.05, 0.1) is 0 Å². The molecular formula is C17H13Cl2N3OS2. The van der Waals surface area contributed by atoms with Crippen LogP contribution in [0.2, 0.25) is 0 Å². The summed E-state index contributed by atoms with van der Waals surface area (Å²) < 4.78 is 1.15. The quantitative estimate of drug-likeness (QED) is 0.494. The van der Waals surface area contributed by atoms with Crippen LogP contribution in [0.4, 0.5) is 5.00 Å². The van der Waals surface area contributed by atoms with Gasteiger partial charge in [0.1, 0.15) is 15.7 Å². The molecule has 8 heteroatoms. The average molecular weight is 410 g/mol. The van der Waals surface area contributed by atoms with Crippen LogP contribution in [0, 0.1) is 0 Å². The van der Waals surface area contributed by atoms with E-state index in [2.05, 4.69) is 4.98 Å². The van der Waals surface area contributed by atoms with E-state index in [0.717, 1.165) is 31.5 Å². The van der Waals surface area contributed by atoms with E-state index >= 15 is 0 Å². The minimum atomic E-state index is -0.214. The summed E-state index contributed by atoms with van der Waals surface area (Å²) in [6.07, 6.45) is 3.70. The lowest BCUT2D eigenvalue weighted by Gasteiger charge is -2.12. The van der Waals surface area contributed by atoms with Crippen LogP contribution in [0.3, 0.4) is 0 Å². The standard InChI is InChI=1S/C17H13Cl2N3OS2/c18-22(14(23)8-10-24-19)17-15(12-5-2-1-3-6-12)21-16(25-17)13-7-4-9-20-11-13/h1-7,9,11H,8,10H2. The first-order chi connectivity index (χ1) is 12.2. The molecule has 0 radical (unpaired) electrons. The number of benzene rings is 1. The third-order valence-corrected chi connectivity index (χ3v) is 5.72. The molecule has 3 rings (SSSR count). The number of hydrogen-bond acceptors (Lipinski definition) is 5. The second-order valence-electron chi connectivity index (χ2n) is 5.02. The molecule has 3 aromatic rings. The molecule has 0 aliphatic carbocycles. The Morgan fingerprint density at radius 1 is 1.16 bits per heavy atom. The maximum Gasteiger partial charge on any atom is 0.243 e. The Morgan fingerprint density at radius 3 is 2.60 bits per heavy atom. The number of carbonyl (C=O) groups is 1. The predicted molar refractivity (Wildman–Crippen MR) is 107 cm³/mol. The average Bonchev–Trinajstić information content (AvgIpc) is 3.12. The Morgan fingerprint density at radius 2 is 1.92 bits per heavy atom. The Hall–Kier alpha value is -1.60. The van der Waals surface area contributed by atoms with Crippen LogP contribution < -0.4 is 4.42 Å². The maximum absolute atomic E-state index is 12.3. The molecular weight excluding hydrogens is 397 g/mol. The van der Waals surface area contributed by atoms with E-state index in [4.69, 9.17) is 27.4 Å². The summed E-state index contributed by atoms with van der Waals surface area (Å²) in [5, 5.41) is 1.35. The molecule has 0 unspecified atom stereocenters. The van der Waals surface area contributed by atoms with Gasteiger partial charge in [-0.2, -0.15) is 0 Å². The summed E-state index contributed by atoms with van der Waals surface area (Å²) in [7, 11) is 6.68. The van der Waals surface area contributed by atoms with Crippen molar-refractivity contribution in [1.29, 1.82) is 0 Å². The maximum atomic E-state index is 12.3. The van der Waals surface area contributed by atoms with E-state index in [0.29, 0.717) is 16.4 Å². The number of rotatable bonds is 6. The predicted octanol–water partition coefficient (Wildman–Crippen LogP) is 5.64. The summed E-state index contributed by atoms with van der Waals surface area (Å²) in [6.45, 7) is 0. The number of carbonyl (C=O) groups excluding carboxylic acids is 1. The molecule has 0 aliphatic heterocycles. The van der Waals surface area contributed by atoms with Crippen molar-refractivity contribution in [2.24, 2.45) is 0 Å². The largest absolute Gasteiger partial charge is 0.273 e. The number of anilines is 1. The first-order valence-electron chi connectivity index (χ1n) is 7.39. The van der Waals surface area contributed by atoms with Gasteiger partial charge in [-0.15, -0.1) is 0 Å². The van der Waals surface area contributed by atoms with Crippen molar-refractivity contribution in [2.45, 2.75) is 6.42 Å². The van der Waals surface area contributed by atoms with E-state index in [1.54, 1.807) is 12.4 Å². The van der Waals surface area contributed by atoms with Gasteiger partial charge in [-0.05, 0) is 22.8 Å². The number of nitrogens with zero attached hydrogens (tertiary/aromatic N) is 3. The van der Waals surface area contributed by atoms with Crippen molar-refractivity contribution in [3.63, 3.8) is 0 Å². The summed E-state index contributed by atoms with van der Waals surface area (Å²) in [5.74, 6) is 0.284. The molecule has 0 N–H and O–H groups in total. The van der Waals surface area contributed by atoms with E-state index in [1.165, 1.54) is 11.3 Å². The second kappa shape index (κ2) is 8.67. The van der Waals surface area contributed by atoms with Gasteiger partial charge in [-0.1, -0.05) is 52.6 Å². The molecule has 1 aromatic carbocycles. The smallest absolute Gasteiger partial charge is 0.243 e. The van der Waals surface area contributed by atoms with Crippen LogP contribution >= 0.6 is 44.8 Å². The first kappa shape index (κ1) is 18.2. The molecule has 0 saturated carbocycles. The number of halogens is 2. The molecule has 0 spiro atoms. The highest BCUT2D eigenvalue weighted by Gasteiger charge is 2.23. The Kier molecular flexibility index (Phi) is 6.31. The molecule has 1 amide bonds. The highest BCUT2D eigenvalue weighted by molar-refractivity contribution is 8.21. The fourth-order valence-electron chi connectivity index (χ4n) is 2.18. The molecule has 4 nitrogen and oxygen atoms in total. The monoisotopic (exact) mass is 409 g/mol. The molecule has 0 bridgehead atoms. The number of aromatic nitrogens is 2. The zero-order valence-corrected chi connectivity index (χ0v) is 16.1. The molecule has 0 fully saturated rings. The lowest BCUT2D eigenvalue weighted by atomic mass is 10.1. The molecule has 2 heterocycles. The van der Waals surface area contributed by atoms with Gasteiger partial charge in [0.2, 0.25) is 5.91 Å². The zero-order valence-electron chi connectivity index (χ0n) is 12.9. The van der Waals surface area contributed by atoms with Crippen LogP contribution in [0.25, 0.3) is 21.8 Å². The molecule has 25 heavy (non-hydrogen) atoms. The number of hydrogen-bond donors (Lipinski definition) is 0. The van der Waals surface area contributed by atoms with Crippen molar-refractivity contribution in [2.75, 3.05) is 10.2 Å². The Labute approximate surface area is 163 Å². The van der Waals surface area contributed by atoms with Crippen LogP contribution in [0.15, 0.2) is 54.9 Å². The van der Waals surface area contributed by atoms with Crippen LogP contribution in [0.5, 0.6) is 0 Å². The third-order valence-electron chi connectivity index (χ3n) is 3.36. The van der Waals surface area contributed by atoms with Gasteiger partial charge in [-0.25, -0.2) is 9.40 Å². The molecule has 0 aliphatic rings. The van der Waals surface area contributed by atoms with E-state index in [-0.39, 0.29) is 12.3 Å². The van der Waals surface area contributed by atoms with Crippen LogP contribution in [0.1, 0.15) is 6.42 Å². The first-order valence-corrected chi connectivity index (χ1v) is 10.4. The van der Waals surface area contributed by atoms with Gasteiger partial charge < -0.3 is 0 Å². The lowest BCUT2D eigenvalue weighted by Crippen LogP contribution is -2.20. The van der Waals surface area contributed by atoms with Crippen molar-refractivity contribution < 1.29 is 4.79 Å². The molecule has 128 valence electrons. The Bertz CT molecular complexity index is 844. The Balaban J connectivity index is 2.03. The van der Waals surface area contributed by atoms with E-state index in [1.807, 2.05) is 42.5 Å². The lowest BCUT2D eigenvalue weighted by molar-refractivity contribution is -0.117. The second-order valence-corrected chi connectivity index (χ2v) is 7.62. The van der Waals surface area contributed by atoms with Crippen molar-refractivity contribution >= 4 is 55.7 Å². The van der Waals surface area contributed by atoms with E-state index < -0.39 is 0 Å². The minimum Gasteiger partial charge on any atom is -0.273 e. The van der Waals surface area contributed by atoms with E-state index in [9.17, 15) is 4.79 Å². The highest BCUT2D eigenvalue weighted by Crippen LogP contribution is 2.41. The van der Waals surface area contributed by atoms with Crippen LogP contribution in [-0.4, -0.2) is 21.6 Å². The minimum absolute atomic E-state index is 0.214. The normalized spacial score (nSPS) is 10.6. The zero-order chi connectivity index (χ0) is 17.6. The van der Waals surface area contributed by atoms with Gasteiger partial charge in [0.25, 0.3) is 0 Å². The number of pyridine rings is 1. The molecule has 0 saturated heterocycles. The summed E-state index contributed by atoms with van der Waals surface area (Å²) in [4.78, 5) is 21.2. The fourth-order valence-corrected chi connectivity index (χ4v) is 3.93. The SMILES string of the molecule is O=C(CCSCl)N(Cl)c1sc(-c2cccnc2)nc1-c1ccccc1. The number of amides is 1. The highest BCUT2D eigenvalue weighted by atomic mass is 35.7. The van der Waals surface area contributed by atoms with Crippen LogP contribution in [-0.2, 0) is 4.79 Å². The molecule has 0 atom stereocenters. The number of thiazole rings is 1. The topological polar surface area (TPSA) is 46.1 Å². The molecule has 2 aromatic heterocycles. The summed E-state index contributed by atoms with van der Waals surface area (Å²) >= 11 is 7.69. The van der Waals surface area contributed by atoms with Crippen molar-refractivity contribution in [1.82, 2.24) is 9.97 Å². The summed E-state index contributed by atoms with van der Waals surface area (Å²) in [5.41, 5.74) is 2.45. The van der Waals surface area contributed by atoms with Crippen molar-refractivity contribution in [3.8, 4) is 21.8 Å². The fraction of sp³-hybridized carbons (Fsp3) is 0.118.